The number of nitrogens with zero attached hydrogens (tertiary/aromatic N) is 3. The normalized spacial score (nSPS) is 15.4. The van der Waals surface area contributed by atoms with Crippen molar-refractivity contribution in [3.63, 3.8) is 0 Å². The maximum atomic E-state index is 13.3. The molecular formula is C30H31N5O3. The molecule has 1 saturated heterocycles. The SMILES string of the molecule is CCOC(=O)c1cn(-c2ccc3c(c2)CCC3)c2nc(Nc3ccc(C4CCNCC4)cc3)ncc2c1=O. The number of anilines is 2. The number of rotatable bonds is 6. The molecule has 0 bridgehead atoms. The third-order valence-electron chi connectivity index (χ3n) is 7.58. The van der Waals surface area contributed by atoms with E-state index in [-0.39, 0.29) is 17.6 Å². The Hall–Kier alpha value is -4.04. The molecule has 6 rings (SSSR count). The summed E-state index contributed by atoms with van der Waals surface area (Å²) in [6.45, 7) is 4.02. The number of aromatic nitrogens is 3. The quantitative estimate of drug-likeness (QED) is 0.365. The van der Waals surface area contributed by atoms with Gasteiger partial charge in [0.25, 0.3) is 0 Å². The lowest BCUT2D eigenvalue weighted by atomic mass is 9.90. The third-order valence-corrected chi connectivity index (χ3v) is 7.58. The van der Waals surface area contributed by atoms with Crippen molar-refractivity contribution >= 4 is 28.6 Å². The molecule has 1 aliphatic carbocycles. The predicted octanol–water partition coefficient (Wildman–Crippen LogP) is 4.66. The van der Waals surface area contributed by atoms with Crippen molar-refractivity contribution in [1.29, 1.82) is 0 Å². The van der Waals surface area contributed by atoms with Crippen LogP contribution in [0, 0.1) is 0 Å². The highest BCUT2D eigenvalue weighted by Crippen LogP contribution is 2.28. The summed E-state index contributed by atoms with van der Waals surface area (Å²) in [6, 6.07) is 14.7. The topological polar surface area (TPSA) is 98.1 Å². The Morgan fingerprint density at radius 3 is 2.68 bits per heavy atom. The van der Waals surface area contributed by atoms with Crippen LogP contribution in [0.4, 0.5) is 11.6 Å². The minimum Gasteiger partial charge on any atom is -0.462 e. The van der Waals surface area contributed by atoms with Crippen molar-refractivity contribution in [1.82, 2.24) is 19.9 Å². The standard InChI is InChI=1S/C30H31N5O3/c1-2-38-29(37)26-18-35(24-11-8-19-4-3-5-22(19)16-24)28-25(27(26)36)17-32-30(34-28)33-23-9-6-20(7-10-23)21-12-14-31-15-13-21/h6-11,16-18,21,31H,2-5,12-15H2,1H3,(H,32,33,34). The first-order valence-electron chi connectivity index (χ1n) is 13.4. The Morgan fingerprint density at radius 1 is 1.11 bits per heavy atom. The smallest absolute Gasteiger partial charge is 0.343 e. The van der Waals surface area contributed by atoms with Crippen molar-refractivity contribution in [2.75, 3.05) is 25.0 Å². The first kappa shape index (κ1) is 24.3. The molecule has 3 heterocycles. The van der Waals surface area contributed by atoms with Gasteiger partial charge in [0.1, 0.15) is 5.56 Å². The van der Waals surface area contributed by atoms with Crippen molar-refractivity contribution < 1.29 is 9.53 Å². The van der Waals surface area contributed by atoms with E-state index in [1.54, 1.807) is 17.7 Å². The van der Waals surface area contributed by atoms with Gasteiger partial charge in [0.2, 0.25) is 11.4 Å². The Bertz CT molecular complexity index is 1560. The summed E-state index contributed by atoms with van der Waals surface area (Å²) in [4.78, 5) is 35.1. The number of hydrogen-bond donors (Lipinski definition) is 2. The molecular weight excluding hydrogens is 478 g/mol. The van der Waals surface area contributed by atoms with Crippen LogP contribution in [0.5, 0.6) is 0 Å². The van der Waals surface area contributed by atoms with Crippen molar-refractivity contribution in [3.8, 4) is 5.69 Å². The predicted molar refractivity (Wildman–Crippen MR) is 148 cm³/mol. The lowest BCUT2D eigenvalue weighted by Crippen LogP contribution is -2.26. The van der Waals surface area contributed by atoms with Gasteiger partial charge in [-0.3, -0.25) is 4.79 Å². The molecule has 0 amide bonds. The van der Waals surface area contributed by atoms with Gasteiger partial charge in [0.05, 0.1) is 12.0 Å². The largest absolute Gasteiger partial charge is 0.462 e. The van der Waals surface area contributed by atoms with Crippen LogP contribution < -0.4 is 16.1 Å². The summed E-state index contributed by atoms with van der Waals surface area (Å²) in [5.74, 6) is 0.313. The molecule has 194 valence electrons. The molecule has 1 fully saturated rings. The lowest BCUT2D eigenvalue weighted by Gasteiger charge is -2.23. The zero-order valence-corrected chi connectivity index (χ0v) is 21.5. The Balaban J connectivity index is 1.39. The van der Waals surface area contributed by atoms with Gasteiger partial charge in [-0.25, -0.2) is 9.78 Å². The fourth-order valence-corrected chi connectivity index (χ4v) is 5.55. The summed E-state index contributed by atoms with van der Waals surface area (Å²) in [6.07, 6.45) is 8.54. The van der Waals surface area contributed by atoms with Crippen LogP contribution in [0.2, 0.25) is 0 Å². The number of benzene rings is 2. The fourth-order valence-electron chi connectivity index (χ4n) is 5.55. The van der Waals surface area contributed by atoms with E-state index in [0.717, 1.165) is 56.6 Å². The summed E-state index contributed by atoms with van der Waals surface area (Å²) >= 11 is 0. The number of nitrogens with one attached hydrogen (secondary N) is 2. The second kappa shape index (κ2) is 10.4. The molecule has 0 radical (unpaired) electrons. The zero-order valence-electron chi connectivity index (χ0n) is 21.5. The van der Waals surface area contributed by atoms with Crippen LogP contribution in [0.1, 0.15) is 59.2 Å². The molecule has 38 heavy (non-hydrogen) atoms. The fraction of sp³-hybridized carbons (Fsp3) is 0.333. The van der Waals surface area contributed by atoms with E-state index in [4.69, 9.17) is 9.72 Å². The molecule has 8 nitrogen and oxygen atoms in total. The average Bonchev–Trinajstić information content (AvgIpc) is 3.42. The molecule has 2 aliphatic rings. The number of aryl methyl sites for hydroxylation is 2. The number of pyridine rings is 1. The van der Waals surface area contributed by atoms with Gasteiger partial charge in [-0.1, -0.05) is 18.2 Å². The van der Waals surface area contributed by atoms with Crippen molar-refractivity contribution in [2.45, 2.75) is 44.9 Å². The molecule has 0 saturated carbocycles. The molecule has 4 aromatic rings. The van der Waals surface area contributed by atoms with E-state index >= 15 is 0 Å². The monoisotopic (exact) mass is 509 g/mol. The maximum Gasteiger partial charge on any atom is 0.343 e. The number of ether oxygens (including phenoxy) is 1. The van der Waals surface area contributed by atoms with Gasteiger partial charge in [-0.05, 0) is 99.0 Å². The third kappa shape index (κ3) is 4.67. The summed E-state index contributed by atoms with van der Waals surface area (Å²) in [5, 5.41) is 6.96. The van der Waals surface area contributed by atoms with Gasteiger partial charge < -0.3 is 19.9 Å². The molecule has 0 unspecified atom stereocenters. The highest BCUT2D eigenvalue weighted by atomic mass is 16.5. The van der Waals surface area contributed by atoms with E-state index in [1.807, 2.05) is 18.2 Å². The second-order valence-corrected chi connectivity index (χ2v) is 9.97. The number of fused-ring (bicyclic) bond motifs is 2. The first-order chi connectivity index (χ1) is 18.6. The number of carbonyl (C=O) groups is 1. The molecule has 2 aromatic heterocycles. The van der Waals surface area contributed by atoms with Crippen LogP contribution in [0.15, 0.2) is 59.7 Å². The van der Waals surface area contributed by atoms with Crippen LogP contribution >= 0.6 is 0 Å². The van der Waals surface area contributed by atoms with Gasteiger partial charge in [-0.15, -0.1) is 0 Å². The van der Waals surface area contributed by atoms with Crippen LogP contribution in [0.3, 0.4) is 0 Å². The molecule has 0 atom stereocenters. The number of hydrogen-bond acceptors (Lipinski definition) is 7. The minimum absolute atomic E-state index is 0.0299. The van der Waals surface area contributed by atoms with E-state index < -0.39 is 11.4 Å². The van der Waals surface area contributed by atoms with Gasteiger partial charge in [-0.2, -0.15) is 4.98 Å². The van der Waals surface area contributed by atoms with Crippen LogP contribution in [-0.2, 0) is 17.6 Å². The first-order valence-corrected chi connectivity index (χ1v) is 13.4. The Kier molecular flexibility index (Phi) is 6.64. The highest BCUT2D eigenvalue weighted by Gasteiger charge is 2.20. The second-order valence-electron chi connectivity index (χ2n) is 9.97. The Morgan fingerprint density at radius 2 is 1.89 bits per heavy atom. The van der Waals surface area contributed by atoms with E-state index in [9.17, 15) is 9.59 Å². The highest BCUT2D eigenvalue weighted by molar-refractivity contribution is 5.93. The van der Waals surface area contributed by atoms with Crippen LogP contribution in [0.25, 0.3) is 16.7 Å². The molecule has 0 spiro atoms. The molecule has 8 heteroatoms. The average molecular weight is 510 g/mol. The lowest BCUT2D eigenvalue weighted by molar-refractivity contribution is 0.0524. The summed E-state index contributed by atoms with van der Waals surface area (Å²) in [7, 11) is 0. The maximum absolute atomic E-state index is 13.3. The molecule has 2 N–H and O–H groups in total. The number of piperidine rings is 1. The Labute approximate surface area is 221 Å². The van der Waals surface area contributed by atoms with E-state index in [2.05, 4.69) is 39.9 Å². The van der Waals surface area contributed by atoms with E-state index in [0.29, 0.717) is 17.5 Å². The minimum atomic E-state index is -0.648. The molecule has 1 aliphatic heterocycles. The zero-order chi connectivity index (χ0) is 26.1. The van der Waals surface area contributed by atoms with Crippen LogP contribution in [-0.4, -0.2) is 40.2 Å². The van der Waals surface area contributed by atoms with E-state index in [1.165, 1.54) is 22.9 Å². The van der Waals surface area contributed by atoms with Gasteiger partial charge in [0.15, 0.2) is 5.65 Å². The number of esters is 1. The summed E-state index contributed by atoms with van der Waals surface area (Å²) < 4.78 is 6.97. The molecule has 2 aromatic carbocycles. The van der Waals surface area contributed by atoms with Crippen molar-refractivity contribution in [2.24, 2.45) is 0 Å². The van der Waals surface area contributed by atoms with Gasteiger partial charge in [0, 0.05) is 23.8 Å². The number of carbonyl (C=O) groups excluding carboxylic acids is 1. The summed E-state index contributed by atoms with van der Waals surface area (Å²) in [5.41, 5.74) is 5.65. The van der Waals surface area contributed by atoms with Crippen molar-refractivity contribution in [3.05, 3.63) is 87.3 Å². The van der Waals surface area contributed by atoms with Gasteiger partial charge >= 0.3 is 5.97 Å².